The average Bonchev–Trinajstić information content (AvgIpc) is 2.45. The minimum absolute atomic E-state index is 0.00759. The van der Waals surface area contributed by atoms with E-state index in [0.29, 0.717) is 6.61 Å². The van der Waals surface area contributed by atoms with Crippen LogP contribution in [0.2, 0.25) is 0 Å². The number of rotatable bonds is 4. The first-order chi connectivity index (χ1) is 7.24. The lowest BCUT2D eigenvalue weighted by Crippen LogP contribution is -2.47. The number of methoxy groups -OCH3 is 1. The Morgan fingerprint density at radius 1 is 1.53 bits per heavy atom. The largest absolute Gasteiger partial charge is 0.383 e. The second-order valence-corrected chi connectivity index (χ2v) is 4.22. The predicted molar refractivity (Wildman–Crippen MR) is 59.7 cm³/mol. The highest BCUT2D eigenvalue weighted by Crippen LogP contribution is 2.08. The third-order valence-corrected chi connectivity index (χ3v) is 2.68. The summed E-state index contributed by atoms with van der Waals surface area (Å²) in [7, 11) is 1.65. The van der Waals surface area contributed by atoms with Crippen molar-refractivity contribution in [3.05, 3.63) is 0 Å². The van der Waals surface area contributed by atoms with Crippen LogP contribution in [-0.2, 0) is 9.53 Å². The quantitative estimate of drug-likeness (QED) is 0.723. The van der Waals surface area contributed by atoms with Crippen molar-refractivity contribution >= 4 is 5.91 Å². The number of hydrogen-bond acceptors (Lipinski definition) is 3. The highest BCUT2D eigenvalue weighted by Gasteiger charge is 2.20. The summed E-state index contributed by atoms with van der Waals surface area (Å²) >= 11 is 0. The van der Waals surface area contributed by atoms with Crippen molar-refractivity contribution in [2.45, 2.75) is 44.7 Å². The van der Waals surface area contributed by atoms with Gasteiger partial charge in [0.25, 0.3) is 0 Å². The molecule has 1 aliphatic rings. The van der Waals surface area contributed by atoms with Gasteiger partial charge in [0, 0.05) is 13.2 Å². The zero-order chi connectivity index (χ0) is 11.1. The van der Waals surface area contributed by atoms with E-state index in [2.05, 4.69) is 10.6 Å². The van der Waals surface area contributed by atoms with Crippen LogP contribution in [-0.4, -0.2) is 38.3 Å². The van der Waals surface area contributed by atoms with Gasteiger partial charge in [-0.1, -0.05) is 12.8 Å². The SMILES string of the molecule is COCC(C)NC(=O)C1CCCCCN1. The summed E-state index contributed by atoms with van der Waals surface area (Å²) in [5.74, 6) is 0.112. The second-order valence-electron chi connectivity index (χ2n) is 4.22. The molecule has 0 bridgehead atoms. The van der Waals surface area contributed by atoms with Crippen LogP contribution in [0.3, 0.4) is 0 Å². The molecule has 2 N–H and O–H groups in total. The monoisotopic (exact) mass is 214 g/mol. The summed E-state index contributed by atoms with van der Waals surface area (Å²) in [6.07, 6.45) is 4.50. The molecule has 0 spiro atoms. The van der Waals surface area contributed by atoms with Gasteiger partial charge in [-0.3, -0.25) is 4.79 Å². The number of amides is 1. The highest BCUT2D eigenvalue weighted by molar-refractivity contribution is 5.82. The molecule has 0 aromatic carbocycles. The molecular formula is C11H22N2O2. The molecule has 2 unspecified atom stereocenters. The third kappa shape index (κ3) is 4.62. The van der Waals surface area contributed by atoms with E-state index in [1.54, 1.807) is 7.11 Å². The minimum atomic E-state index is -0.00759. The molecule has 0 radical (unpaired) electrons. The van der Waals surface area contributed by atoms with Crippen LogP contribution in [0.1, 0.15) is 32.6 Å². The van der Waals surface area contributed by atoms with E-state index in [0.717, 1.165) is 19.4 Å². The van der Waals surface area contributed by atoms with Crippen molar-refractivity contribution in [2.24, 2.45) is 0 Å². The van der Waals surface area contributed by atoms with E-state index < -0.39 is 0 Å². The molecule has 4 nitrogen and oxygen atoms in total. The van der Waals surface area contributed by atoms with E-state index in [4.69, 9.17) is 4.74 Å². The van der Waals surface area contributed by atoms with Crippen LogP contribution in [0.5, 0.6) is 0 Å². The number of carbonyl (C=O) groups excluding carboxylic acids is 1. The Labute approximate surface area is 91.8 Å². The Morgan fingerprint density at radius 2 is 2.33 bits per heavy atom. The van der Waals surface area contributed by atoms with E-state index >= 15 is 0 Å². The first-order valence-electron chi connectivity index (χ1n) is 5.76. The van der Waals surface area contributed by atoms with Crippen LogP contribution in [0, 0.1) is 0 Å². The van der Waals surface area contributed by atoms with Crippen LogP contribution in [0.15, 0.2) is 0 Å². The van der Waals surface area contributed by atoms with Gasteiger partial charge in [0.05, 0.1) is 12.6 Å². The van der Waals surface area contributed by atoms with Crippen LogP contribution in [0.25, 0.3) is 0 Å². The Balaban J connectivity index is 2.30. The normalized spacial score (nSPS) is 24.3. The van der Waals surface area contributed by atoms with Crippen molar-refractivity contribution < 1.29 is 9.53 Å². The topological polar surface area (TPSA) is 50.4 Å². The molecule has 1 amide bonds. The summed E-state index contributed by atoms with van der Waals surface area (Å²) in [6.45, 7) is 3.48. The first-order valence-corrected chi connectivity index (χ1v) is 5.76. The van der Waals surface area contributed by atoms with E-state index in [1.807, 2.05) is 6.92 Å². The fourth-order valence-corrected chi connectivity index (χ4v) is 1.89. The van der Waals surface area contributed by atoms with Gasteiger partial charge in [0.1, 0.15) is 0 Å². The van der Waals surface area contributed by atoms with Gasteiger partial charge in [-0.2, -0.15) is 0 Å². The van der Waals surface area contributed by atoms with Crippen LogP contribution in [0.4, 0.5) is 0 Å². The summed E-state index contributed by atoms with van der Waals surface area (Å²) in [4.78, 5) is 11.8. The Kier molecular flexibility index (Phi) is 5.65. The van der Waals surface area contributed by atoms with Gasteiger partial charge < -0.3 is 15.4 Å². The molecule has 0 aliphatic carbocycles. The second kappa shape index (κ2) is 6.80. The Bertz CT molecular complexity index is 189. The van der Waals surface area contributed by atoms with Crippen molar-refractivity contribution in [1.29, 1.82) is 0 Å². The van der Waals surface area contributed by atoms with Gasteiger partial charge >= 0.3 is 0 Å². The van der Waals surface area contributed by atoms with E-state index in [1.165, 1.54) is 12.8 Å². The molecule has 4 heteroatoms. The van der Waals surface area contributed by atoms with Crippen molar-refractivity contribution in [3.63, 3.8) is 0 Å². The maximum absolute atomic E-state index is 11.8. The highest BCUT2D eigenvalue weighted by atomic mass is 16.5. The number of ether oxygens (including phenoxy) is 1. The molecule has 1 aliphatic heterocycles. The van der Waals surface area contributed by atoms with Gasteiger partial charge in [-0.25, -0.2) is 0 Å². The molecule has 0 saturated carbocycles. The predicted octanol–water partition coefficient (Wildman–Crippen LogP) is 0.670. The van der Waals surface area contributed by atoms with Gasteiger partial charge in [-0.15, -0.1) is 0 Å². The maximum Gasteiger partial charge on any atom is 0.237 e. The molecule has 1 saturated heterocycles. The van der Waals surface area contributed by atoms with Crippen molar-refractivity contribution in [3.8, 4) is 0 Å². The fraction of sp³-hybridized carbons (Fsp3) is 0.909. The molecule has 1 rings (SSSR count). The molecule has 1 fully saturated rings. The lowest BCUT2D eigenvalue weighted by atomic mass is 10.1. The standard InChI is InChI=1S/C11H22N2O2/c1-9(8-15-2)13-11(14)10-6-4-3-5-7-12-10/h9-10,12H,3-8H2,1-2H3,(H,13,14). The first kappa shape index (κ1) is 12.5. The van der Waals surface area contributed by atoms with E-state index in [-0.39, 0.29) is 18.0 Å². The van der Waals surface area contributed by atoms with Crippen molar-refractivity contribution in [1.82, 2.24) is 10.6 Å². The zero-order valence-electron chi connectivity index (χ0n) is 9.71. The molecular weight excluding hydrogens is 192 g/mol. The summed E-state index contributed by atoms with van der Waals surface area (Å²) in [6, 6.07) is 0.0827. The number of nitrogens with one attached hydrogen (secondary N) is 2. The van der Waals surface area contributed by atoms with Crippen LogP contribution >= 0.6 is 0 Å². The summed E-state index contributed by atoms with van der Waals surface area (Å²) in [5.41, 5.74) is 0. The van der Waals surface area contributed by atoms with Gasteiger partial charge in [0.2, 0.25) is 5.91 Å². The Hall–Kier alpha value is -0.610. The van der Waals surface area contributed by atoms with Crippen LogP contribution < -0.4 is 10.6 Å². The fourth-order valence-electron chi connectivity index (χ4n) is 1.89. The smallest absolute Gasteiger partial charge is 0.237 e. The lowest BCUT2D eigenvalue weighted by molar-refractivity contribution is -0.124. The number of hydrogen-bond donors (Lipinski definition) is 2. The molecule has 0 aromatic heterocycles. The average molecular weight is 214 g/mol. The molecule has 0 aromatic rings. The Morgan fingerprint density at radius 3 is 3.07 bits per heavy atom. The third-order valence-electron chi connectivity index (χ3n) is 2.68. The summed E-state index contributed by atoms with van der Waals surface area (Å²) in [5, 5.41) is 6.23. The zero-order valence-corrected chi connectivity index (χ0v) is 9.71. The van der Waals surface area contributed by atoms with Gasteiger partial charge in [0.15, 0.2) is 0 Å². The van der Waals surface area contributed by atoms with Crippen molar-refractivity contribution in [2.75, 3.05) is 20.3 Å². The summed E-state index contributed by atoms with van der Waals surface area (Å²) < 4.78 is 4.98. The molecule has 15 heavy (non-hydrogen) atoms. The molecule has 88 valence electrons. The molecule has 2 atom stereocenters. The minimum Gasteiger partial charge on any atom is -0.383 e. The van der Waals surface area contributed by atoms with Gasteiger partial charge in [-0.05, 0) is 26.3 Å². The maximum atomic E-state index is 11.8. The lowest BCUT2D eigenvalue weighted by Gasteiger charge is -2.19. The molecule has 1 heterocycles. The van der Waals surface area contributed by atoms with E-state index in [9.17, 15) is 4.79 Å². The number of carbonyl (C=O) groups is 1.